The molecular weight excluding hydrogens is 214 g/mol. The number of nitrogens with zero attached hydrogens (tertiary/aromatic N) is 1. The maximum atomic E-state index is 10.6. The van der Waals surface area contributed by atoms with Crippen LogP contribution in [-0.2, 0) is 4.79 Å². The topological polar surface area (TPSA) is 58.4 Å². The van der Waals surface area contributed by atoms with Gasteiger partial charge < -0.3 is 16.0 Å². The third-order valence-corrected chi connectivity index (χ3v) is 3.25. The van der Waals surface area contributed by atoms with E-state index in [0.717, 1.165) is 43.7 Å². The molecule has 3 N–H and O–H groups in total. The predicted molar refractivity (Wildman–Crippen MR) is 69.9 cm³/mol. The van der Waals surface area contributed by atoms with Gasteiger partial charge in [-0.05, 0) is 37.5 Å². The fourth-order valence-electron chi connectivity index (χ4n) is 2.18. The van der Waals surface area contributed by atoms with Crippen LogP contribution in [0.5, 0.6) is 0 Å². The van der Waals surface area contributed by atoms with E-state index in [1.54, 1.807) is 0 Å². The molecule has 1 saturated heterocycles. The highest BCUT2D eigenvalue weighted by Crippen LogP contribution is 2.22. The van der Waals surface area contributed by atoms with Gasteiger partial charge in [-0.1, -0.05) is 6.07 Å². The van der Waals surface area contributed by atoms with Gasteiger partial charge in [0, 0.05) is 19.1 Å². The predicted octanol–water partition coefficient (Wildman–Crippen LogP) is 1.61. The molecule has 1 aromatic carbocycles. The van der Waals surface area contributed by atoms with Gasteiger partial charge in [-0.2, -0.15) is 0 Å². The molecule has 1 aliphatic rings. The van der Waals surface area contributed by atoms with Crippen LogP contribution in [0.1, 0.15) is 18.4 Å². The maximum absolute atomic E-state index is 10.6. The summed E-state index contributed by atoms with van der Waals surface area (Å²) < 4.78 is 0. The number of nitrogens with two attached hydrogens (primary N) is 1. The normalized spacial score (nSPS) is 16.9. The van der Waals surface area contributed by atoms with E-state index in [1.807, 2.05) is 24.0 Å². The molecule has 2 rings (SSSR count). The van der Waals surface area contributed by atoms with Crippen LogP contribution in [0.15, 0.2) is 18.2 Å². The van der Waals surface area contributed by atoms with Crippen LogP contribution in [0.25, 0.3) is 0 Å². The Hall–Kier alpha value is -1.71. The third-order valence-electron chi connectivity index (χ3n) is 3.25. The van der Waals surface area contributed by atoms with Gasteiger partial charge >= 0.3 is 0 Å². The molecule has 0 saturated carbocycles. The summed E-state index contributed by atoms with van der Waals surface area (Å²) >= 11 is 0. The molecule has 4 nitrogen and oxygen atoms in total. The smallest absolute Gasteiger partial charge is 0.209 e. The van der Waals surface area contributed by atoms with E-state index in [-0.39, 0.29) is 0 Å². The minimum atomic E-state index is 0.413. The Bertz CT molecular complexity index is 398. The fourth-order valence-corrected chi connectivity index (χ4v) is 2.18. The summed E-state index contributed by atoms with van der Waals surface area (Å²) in [7, 11) is 0. The Morgan fingerprint density at radius 2 is 2.12 bits per heavy atom. The van der Waals surface area contributed by atoms with Crippen molar-refractivity contribution in [3.8, 4) is 0 Å². The first-order chi connectivity index (χ1) is 8.19. The number of likely N-dealkylation sites (tertiary alicyclic amines) is 1. The molecule has 0 bridgehead atoms. The molecule has 0 unspecified atom stereocenters. The van der Waals surface area contributed by atoms with Crippen molar-refractivity contribution in [3.63, 3.8) is 0 Å². The second kappa shape index (κ2) is 5.08. The van der Waals surface area contributed by atoms with E-state index in [0.29, 0.717) is 6.04 Å². The molecule has 4 heteroatoms. The lowest BCUT2D eigenvalue weighted by Crippen LogP contribution is -2.38. The maximum Gasteiger partial charge on any atom is 0.209 e. The average Bonchev–Trinajstić information content (AvgIpc) is 2.34. The third kappa shape index (κ3) is 2.90. The van der Waals surface area contributed by atoms with Gasteiger partial charge in [0.05, 0.1) is 11.4 Å². The number of aryl methyl sites for hydroxylation is 1. The SMILES string of the molecule is Cc1ccc(NC2CCN(C=O)CC2)c(N)c1. The standard InChI is InChI=1S/C13H19N3O/c1-10-2-3-13(12(14)8-10)15-11-4-6-16(9-17)7-5-11/h2-3,8-9,11,15H,4-7,14H2,1H3. The fraction of sp³-hybridized carbons (Fsp3) is 0.462. The zero-order valence-electron chi connectivity index (χ0n) is 10.1. The van der Waals surface area contributed by atoms with E-state index in [9.17, 15) is 4.79 Å². The largest absolute Gasteiger partial charge is 0.397 e. The zero-order valence-corrected chi connectivity index (χ0v) is 10.1. The molecule has 92 valence electrons. The zero-order chi connectivity index (χ0) is 12.3. The number of carbonyl (C=O) groups is 1. The highest BCUT2D eigenvalue weighted by atomic mass is 16.1. The van der Waals surface area contributed by atoms with Gasteiger partial charge in [-0.3, -0.25) is 4.79 Å². The van der Waals surface area contributed by atoms with Crippen molar-refractivity contribution in [2.75, 3.05) is 24.1 Å². The van der Waals surface area contributed by atoms with E-state index in [2.05, 4.69) is 11.4 Å². The number of hydrogen-bond acceptors (Lipinski definition) is 3. The summed E-state index contributed by atoms with van der Waals surface area (Å²) in [6.45, 7) is 3.68. The van der Waals surface area contributed by atoms with Crippen molar-refractivity contribution in [2.24, 2.45) is 0 Å². The second-order valence-electron chi connectivity index (χ2n) is 4.65. The van der Waals surface area contributed by atoms with Crippen molar-refractivity contribution in [1.29, 1.82) is 0 Å². The van der Waals surface area contributed by atoms with Gasteiger partial charge in [0.2, 0.25) is 6.41 Å². The van der Waals surface area contributed by atoms with Crippen LogP contribution in [-0.4, -0.2) is 30.4 Å². The Morgan fingerprint density at radius 3 is 2.71 bits per heavy atom. The van der Waals surface area contributed by atoms with Crippen LogP contribution >= 0.6 is 0 Å². The van der Waals surface area contributed by atoms with Crippen molar-refractivity contribution in [2.45, 2.75) is 25.8 Å². The lowest BCUT2D eigenvalue weighted by atomic mass is 10.0. The second-order valence-corrected chi connectivity index (χ2v) is 4.65. The van der Waals surface area contributed by atoms with Crippen LogP contribution in [0, 0.1) is 6.92 Å². The summed E-state index contributed by atoms with van der Waals surface area (Å²) in [5.74, 6) is 0. The van der Waals surface area contributed by atoms with Gasteiger partial charge in [0.15, 0.2) is 0 Å². The number of benzene rings is 1. The Kier molecular flexibility index (Phi) is 3.52. The van der Waals surface area contributed by atoms with Crippen LogP contribution in [0.4, 0.5) is 11.4 Å². The molecule has 0 radical (unpaired) electrons. The summed E-state index contributed by atoms with van der Waals surface area (Å²) in [4.78, 5) is 12.4. The van der Waals surface area contributed by atoms with E-state index in [4.69, 9.17) is 5.73 Å². The highest BCUT2D eigenvalue weighted by molar-refractivity contribution is 5.67. The number of anilines is 2. The van der Waals surface area contributed by atoms with Crippen molar-refractivity contribution in [3.05, 3.63) is 23.8 Å². The summed E-state index contributed by atoms with van der Waals surface area (Å²) in [6, 6.07) is 6.47. The molecule has 0 spiro atoms. The van der Waals surface area contributed by atoms with Crippen LogP contribution in [0.3, 0.4) is 0 Å². The summed E-state index contributed by atoms with van der Waals surface area (Å²) in [6.07, 6.45) is 2.88. The molecule has 17 heavy (non-hydrogen) atoms. The van der Waals surface area contributed by atoms with Crippen molar-refractivity contribution < 1.29 is 4.79 Å². The monoisotopic (exact) mass is 233 g/mol. The number of rotatable bonds is 3. The first-order valence-electron chi connectivity index (χ1n) is 6.01. The number of hydrogen-bond donors (Lipinski definition) is 2. The van der Waals surface area contributed by atoms with E-state index < -0.39 is 0 Å². The minimum Gasteiger partial charge on any atom is -0.397 e. The molecule has 1 aliphatic heterocycles. The number of piperidine rings is 1. The number of nitrogen functional groups attached to an aromatic ring is 1. The lowest BCUT2D eigenvalue weighted by molar-refractivity contribution is -0.118. The van der Waals surface area contributed by atoms with E-state index >= 15 is 0 Å². The Balaban J connectivity index is 1.95. The summed E-state index contributed by atoms with van der Waals surface area (Å²) in [5.41, 5.74) is 8.93. The lowest BCUT2D eigenvalue weighted by Gasteiger charge is -2.30. The van der Waals surface area contributed by atoms with Crippen molar-refractivity contribution in [1.82, 2.24) is 4.90 Å². The molecule has 0 aromatic heterocycles. The van der Waals surface area contributed by atoms with E-state index in [1.165, 1.54) is 5.56 Å². The number of nitrogens with one attached hydrogen (secondary N) is 1. The molecule has 1 aromatic rings. The quantitative estimate of drug-likeness (QED) is 0.616. The molecule has 0 atom stereocenters. The first kappa shape index (κ1) is 11.8. The van der Waals surface area contributed by atoms with Crippen molar-refractivity contribution >= 4 is 17.8 Å². The van der Waals surface area contributed by atoms with Gasteiger partial charge in [-0.15, -0.1) is 0 Å². The van der Waals surface area contributed by atoms with Gasteiger partial charge in [0.25, 0.3) is 0 Å². The molecular formula is C13H19N3O. The summed E-state index contributed by atoms with van der Waals surface area (Å²) in [5, 5.41) is 3.45. The molecule has 0 aliphatic carbocycles. The molecule has 1 fully saturated rings. The Labute approximate surface area is 102 Å². The molecule has 1 heterocycles. The highest BCUT2D eigenvalue weighted by Gasteiger charge is 2.18. The number of carbonyl (C=O) groups excluding carboxylic acids is 1. The van der Waals surface area contributed by atoms with Crippen LogP contribution < -0.4 is 11.1 Å². The minimum absolute atomic E-state index is 0.413. The van der Waals surface area contributed by atoms with Gasteiger partial charge in [-0.25, -0.2) is 0 Å². The first-order valence-corrected chi connectivity index (χ1v) is 6.01. The average molecular weight is 233 g/mol. The number of amides is 1. The van der Waals surface area contributed by atoms with Gasteiger partial charge in [0.1, 0.15) is 0 Å². The Morgan fingerprint density at radius 1 is 1.41 bits per heavy atom. The molecule has 1 amide bonds. The van der Waals surface area contributed by atoms with Crippen LogP contribution in [0.2, 0.25) is 0 Å².